The Bertz CT molecular complexity index is 293. The normalized spacial score (nSPS) is 12.9. The molecule has 0 spiro atoms. The lowest BCUT2D eigenvalue weighted by Crippen LogP contribution is -2.36. The van der Waals surface area contributed by atoms with Crippen LogP contribution in [0, 0.1) is 0 Å². The van der Waals surface area contributed by atoms with Gasteiger partial charge in [-0.05, 0) is 19.2 Å². The van der Waals surface area contributed by atoms with Gasteiger partial charge in [-0.3, -0.25) is 4.84 Å². The standard InChI is InChI=1S/C13H22N2O2/c1-3-15(2)10-13(16)9-14-17-11-12-7-5-4-6-8-12/h4-8,13-14,16H,3,9-11H2,1-2H3. The molecule has 0 saturated heterocycles. The summed E-state index contributed by atoms with van der Waals surface area (Å²) in [6.07, 6.45) is -0.407. The number of likely N-dealkylation sites (N-methyl/N-ethyl adjacent to an activating group) is 1. The Morgan fingerprint density at radius 1 is 1.35 bits per heavy atom. The van der Waals surface area contributed by atoms with E-state index in [9.17, 15) is 5.11 Å². The SMILES string of the molecule is CCN(C)CC(O)CNOCc1ccccc1. The van der Waals surface area contributed by atoms with Crippen LogP contribution in [0.4, 0.5) is 0 Å². The predicted molar refractivity (Wildman–Crippen MR) is 68.4 cm³/mol. The number of aliphatic hydroxyl groups is 1. The summed E-state index contributed by atoms with van der Waals surface area (Å²) in [4.78, 5) is 7.34. The molecule has 1 atom stereocenters. The molecule has 2 N–H and O–H groups in total. The molecule has 0 aliphatic carbocycles. The van der Waals surface area contributed by atoms with Crippen molar-refractivity contribution >= 4 is 0 Å². The Hall–Kier alpha value is -0.940. The highest BCUT2D eigenvalue weighted by atomic mass is 16.6. The summed E-state index contributed by atoms with van der Waals surface area (Å²) in [5.41, 5.74) is 3.90. The zero-order chi connectivity index (χ0) is 12.5. The quantitative estimate of drug-likeness (QED) is 0.524. The molecule has 0 radical (unpaired) electrons. The van der Waals surface area contributed by atoms with Crippen LogP contribution in [-0.4, -0.2) is 42.8 Å². The molecule has 0 heterocycles. The van der Waals surface area contributed by atoms with Crippen LogP contribution in [0.5, 0.6) is 0 Å². The van der Waals surface area contributed by atoms with Crippen molar-refractivity contribution in [3.05, 3.63) is 35.9 Å². The minimum absolute atomic E-state index is 0.407. The summed E-state index contributed by atoms with van der Waals surface area (Å²) >= 11 is 0. The Morgan fingerprint density at radius 3 is 2.71 bits per heavy atom. The van der Waals surface area contributed by atoms with Gasteiger partial charge in [-0.2, -0.15) is 5.48 Å². The Labute approximate surface area is 103 Å². The first-order valence-corrected chi connectivity index (χ1v) is 5.97. The van der Waals surface area contributed by atoms with Crippen LogP contribution in [-0.2, 0) is 11.4 Å². The average Bonchev–Trinajstić information content (AvgIpc) is 2.36. The molecule has 17 heavy (non-hydrogen) atoms. The fourth-order valence-electron chi connectivity index (χ4n) is 1.42. The van der Waals surface area contributed by atoms with E-state index in [4.69, 9.17) is 4.84 Å². The van der Waals surface area contributed by atoms with E-state index in [1.807, 2.05) is 37.4 Å². The number of hydrogen-bond acceptors (Lipinski definition) is 4. The van der Waals surface area contributed by atoms with E-state index in [0.717, 1.165) is 12.1 Å². The van der Waals surface area contributed by atoms with E-state index < -0.39 is 6.10 Å². The van der Waals surface area contributed by atoms with Gasteiger partial charge in [-0.1, -0.05) is 37.3 Å². The van der Waals surface area contributed by atoms with Gasteiger partial charge in [0.15, 0.2) is 0 Å². The minimum Gasteiger partial charge on any atom is -0.390 e. The fourth-order valence-corrected chi connectivity index (χ4v) is 1.42. The van der Waals surface area contributed by atoms with Crippen molar-refractivity contribution in [1.29, 1.82) is 0 Å². The number of nitrogens with one attached hydrogen (secondary N) is 1. The first-order valence-electron chi connectivity index (χ1n) is 5.97. The monoisotopic (exact) mass is 238 g/mol. The summed E-state index contributed by atoms with van der Waals surface area (Å²) in [6.45, 7) is 4.60. The fraction of sp³-hybridized carbons (Fsp3) is 0.538. The summed E-state index contributed by atoms with van der Waals surface area (Å²) in [6, 6.07) is 9.93. The molecule has 1 unspecified atom stereocenters. The van der Waals surface area contributed by atoms with E-state index in [2.05, 4.69) is 17.3 Å². The second kappa shape index (κ2) is 8.20. The zero-order valence-corrected chi connectivity index (χ0v) is 10.6. The van der Waals surface area contributed by atoms with Crippen molar-refractivity contribution in [3.8, 4) is 0 Å². The van der Waals surface area contributed by atoms with Crippen molar-refractivity contribution < 1.29 is 9.94 Å². The molecular weight excluding hydrogens is 216 g/mol. The molecule has 0 aromatic heterocycles. The molecule has 0 fully saturated rings. The first kappa shape index (κ1) is 14.1. The molecule has 1 rings (SSSR count). The molecule has 0 amide bonds. The molecule has 1 aromatic carbocycles. The largest absolute Gasteiger partial charge is 0.390 e. The van der Waals surface area contributed by atoms with Crippen LogP contribution >= 0.6 is 0 Å². The number of benzene rings is 1. The molecular formula is C13H22N2O2. The molecule has 4 heteroatoms. The van der Waals surface area contributed by atoms with Gasteiger partial charge in [0.1, 0.15) is 0 Å². The minimum atomic E-state index is -0.407. The van der Waals surface area contributed by atoms with Crippen LogP contribution in [0.2, 0.25) is 0 Å². The Balaban J connectivity index is 2.08. The number of rotatable bonds is 8. The number of aliphatic hydroxyl groups excluding tert-OH is 1. The number of hydrogen-bond donors (Lipinski definition) is 2. The lowest BCUT2D eigenvalue weighted by molar-refractivity contribution is -0.00205. The Morgan fingerprint density at radius 2 is 2.06 bits per heavy atom. The van der Waals surface area contributed by atoms with E-state index in [1.54, 1.807) is 0 Å². The lowest BCUT2D eigenvalue weighted by Gasteiger charge is -2.18. The second-order valence-electron chi connectivity index (χ2n) is 4.13. The van der Waals surface area contributed by atoms with Crippen LogP contribution < -0.4 is 5.48 Å². The first-order chi connectivity index (χ1) is 8.22. The van der Waals surface area contributed by atoms with E-state index in [1.165, 1.54) is 0 Å². The Kier molecular flexibility index (Phi) is 6.81. The van der Waals surface area contributed by atoms with E-state index in [0.29, 0.717) is 19.7 Å². The second-order valence-corrected chi connectivity index (χ2v) is 4.13. The van der Waals surface area contributed by atoms with Crippen molar-refractivity contribution in [2.24, 2.45) is 0 Å². The number of hydroxylamine groups is 1. The molecule has 0 aliphatic heterocycles. The molecule has 4 nitrogen and oxygen atoms in total. The molecule has 96 valence electrons. The number of nitrogens with zero attached hydrogens (tertiary/aromatic N) is 1. The van der Waals surface area contributed by atoms with E-state index >= 15 is 0 Å². The highest BCUT2D eigenvalue weighted by Crippen LogP contribution is 1.98. The van der Waals surface area contributed by atoms with Crippen molar-refractivity contribution in [1.82, 2.24) is 10.4 Å². The summed E-state index contributed by atoms with van der Waals surface area (Å²) in [5.74, 6) is 0. The van der Waals surface area contributed by atoms with Gasteiger partial charge in [0.25, 0.3) is 0 Å². The maximum Gasteiger partial charge on any atom is 0.0933 e. The summed E-state index contributed by atoms with van der Waals surface area (Å²) in [7, 11) is 1.98. The van der Waals surface area contributed by atoms with Gasteiger partial charge in [-0.25, -0.2) is 0 Å². The van der Waals surface area contributed by atoms with Gasteiger partial charge in [0.05, 0.1) is 12.7 Å². The molecule has 1 aromatic rings. The third-order valence-electron chi connectivity index (χ3n) is 2.56. The average molecular weight is 238 g/mol. The van der Waals surface area contributed by atoms with Crippen LogP contribution in [0.3, 0.4) is 0 Å². The summed E-state index contributed by atoms with van der Waals surface area (Å²) in [5, 5.41) is 9.66. The topological polar surface area (TPSA) is 44.7 Å². The maximum atomic E-state index is 9.66. The molecule has 0 saturated carbocycles. The zero-order valence-electron chi connectivity index (χ0n) is 10.6. The molecule has 0 aliphatic rings. The van der Waals surface area contributed by atoms with Gasteiger partial charge in [0, 0.05) is 13.1 Å². The van der Waals surface area contributed by atoms with Gasteiger partial charge in [-0.15, -0.1) is 0 Å². The van der Waals surface area contributed by atoms with E-state index in [-0.39, 0.29) is 0 Å². The van der Waals surface area contributed by atoms with Crippen LogP contribution in [0.25, 0.3) is 0 Å². The highest BCUT2D eigenvalue weighted by molar-refractivity contribution is 5.13. The predicted octanol–water partition coefficient (Wildman–Crippen LogP) is 1.02. The third-order valence-corrected chi connectivity index (χ3v) is 2.56. The third kappa shape index (κ3) is 6.38. The van der Waals surface area contributed by atoms with Gasteiger partial charge in [0.2, 0.25) is 0 Å². The summed E-state index contributed by atoms with van der Waals surface area (Å²) < 4.78 is 0. The van der Waals surface area contributed by atoms with Crippen molar-refractivity contribution in [2.75, 3.05) is 26.7 Å². The smallest absolute Gasteiger partial charge is 0.0933 e. The lowest BCUT2D eigenvalue weighted by atomic mass is 10.2. The van der Waals surface area contributed by atoms with Gasteiger partial charge >= 0.3 is 0 Å². The van der Waals surface area contributed by atoms with Crippen molar-refractivity contribution in [3.63, 3.8) is 0 Å². The van der Waals surface area contributed by atoms with Crippen molar-refractivity contribution in [2.45, 2.75) is 19.6 Å². The van der Waals surface area contributed by atoms with Gasteiger partial charge < -0.3 is 10.0 Å². The molecule has 0 bridgehead atoms. The van der Waals surface area contributed by atoms with Crippen LogP contribution in [0.15, 0.2) is 30.3 Å². The van der Waals surface area contributed by atoms with Crippen LogP contribution in [0.1, 0.15) is 12.5 Å². The maximum absolute atomic E-state index is 9.66. The highest BCUT2D eigenvalue weighted by Gasteiger charge is 2.06.